The number of ether oxygens (including phenoxy) is 1. The van der Waals surface area contributed by atoms with E-state index in [2.05, 4.69) is 38.3 Å². The van der Waals surface area contributed by atoms with E-state index >= 15 is 0 Å². The molecule has 0 aliphatic heterocycles. The highest BCUT2D eigenvalue weighted by Crippen LogP contribution is 2.25. The van der Waals surface area contributed by atoms with Crippen molar-refractivity contribution in [3.05, 3.63) is 70.7 Å². The van der Waals surface area contributed by atoms with E-state index < -0.39 is 0 Å². The number of rotatable bonds is 5. The van der Waals surface area contributed by atoms with Gasteiger partial charge in [-0.1, -0.05) is 39.8 Å². The normalized spacial score (nSPS) is 11.0. The minimum atomic E-state index is 0.737. The smallest absolute Gasteiger partial charge is 0.212 e. The molecule has 4 aromatic rings. The molecule has 2 aromatic heterocycles. The Morgan fingerprint density at radius 2 is 1.73 bits per heavy atom. The van der Waals surface area contributed by atoms with E-state index in [1.54, 1.807) is 23.4 Å². The summed E-state index contributed by atoms with van der Waals surface area (Å²) in [4.78, 5) is 0. The summed E-state index contributed by atoms with van der Waals surface area (Å²) < 4.78 is 8.08. The van der Waals surface area contributed by atoms with E-state index in [1.807, 2.05) is 48.5 Å². The highest BCUT2D eigenvalue weighted by molar-refractivity contribution is 9.10. The second-order valence-corrected chi connectivity index (χ2v) is 7.47. The van der Waals surface area contributed by atoms with E-state index in [0.29, 0.717) is 0 Å². The molecule has 2 heterocycles. The van der Waals surface area contributed by atoms with Gasteiger partial charge in [0.15, 0.2) is 5.65 Å². The van der Waals surface area contributed by atoms with Crippen molar-refractivity contribution >= 4 is 33.3 Å². The van der Waals surface area contributed by atoms with Crippen molar-refractivity contribution in [2.24, 2.45) is 0 Å². The number of hydrogen-bond donors (Lipinski definition) is 0. The Labute approximate surface area is 163 Å². The van der Waals surface area contributed by atoms with Gasteiger partial charge in [-0.25, -0.2) is 0 Å². The zero-order chi connectivity index (χ0) is 17.9. The summed E-state index contributed by atoms with van der Waals surface area (Å²) in [5.74, 6) is 1.63. The Kier molecular flexibility index (Phi) is 4.90. The number of halogens is 1. The fourth-order valence-corrected chi connectivity index (χ4v) is 3.61. The lowest BCUT2D eigenvalue weighted by Gasteiger charge is -2.05. The van der Waals surface area contributed by atoms with Crippen molar-refractivity contribution in [3.8, 4) is 17.0 Å². The molecule has 0 radical (unpaired) electrons. The third kappa shape index (κ3) is 3.59. The van der Waals surface area contributed by atoms with E-state index in [9.17, 15) is 0 Å². The van der Waals surface area contributed by atoms with Crippen LogP contribution in [0.25, 0.3) is 16.9 Å². The predicted molar refractivity (Wildman–Crippen MR) is 106 cm³/mol. The molecule has 130 valence electrons. The first kappa shape index (κ1) is 17.1. The Morgan fingerprint density at radius 1 is 0.962 bits per heavy atom. The minimum absolute atomic E-state index is 0.737. The van der Waals surface area contributed by atoms with Crippen LogP contribution in [0, 0.1) is 0 Å². The quantitative estimate of drug-likeness (QED) is 0.426. The molecule has 0 atom stereocenters. The highest BCUT2D eigenvalue weighted by Gasteiger charge is 2.10. The molecule has 2 aromatic carbocycles. The van der Waals surface area contributed by atoms with Gasteiger partial charge in [0, 0.05) is 15.8 Å². The van der Waals surface area contributed by atoms with Crippen LogP contribution in [0.3, 0.4) is 0 Å². The summed E-state index contributed by atoms with van der Waals surface area (Å²) >= 11 is 5.07. The van der Waals surface area contributed by atoms with Crippen molar-refractivity contribution < 1.29 is 4.74 Å². The molecular weight excluding hydrogens is 412 g/mol. The maximum Gasteiger partial charge on any atom is 0.212 e. The van der Waals surface area contributed by atoms with Crippen LogP contribution in [0.5, 0.6) is 5.75 Å². The number of nitrogens with zero attached hydrogens (tertiary/aromatic N) is 4. The van der Waals surface area contributed by atoms with Gasteiger partial charge in [-0.05, 0) is 54.1 Å². The van der Waals surface area contributed by atoms with Gasteiger partial charge in [0.2, 0.25) is 5.16 Å². The maximum absolute atomic E-state index is 5.21. The zero-order valence-corrected chi connectivity index (χ0v) is 16.4. The van der Waals surface area contributed by atoms with Gasteiger partial charge in [0.1, 0.15) is 5.75 Å². The zero-order valence-electron chi connectivity index (χ0n) is 14.0. The Bertz CT molecular complexity index is 1030. The lowest BCUT2D eigenvalue weighted by atomic mass is 10.1. The second kappa shape index (κ2) is 7.47. The van der Waals surface area contributed by atoms with Crippen molar-refractivity contribution in [3.63, 3.8) is 0 Å². The first-order chi connectivity index (χ1) is 12.7. The summed E-state index contributed by atoms with van der Waals surface area (Å²) in [6.07, 6.45) is 0. The van der Waals surface area contributed by atoms with Crippen LogP contribution in [0.4, 0.5) is 0 Å². The Balaban J connectivity index is 1.60. The van der Waals surface area contributed by atoms with Gasteiger partial charge in [-0.15, -0.1) is 10.2 Å². The van der Waals surface area contributed by atoms with Crippen molar-refractivity contribution in [2.45, 2.75) is 10.9 Å². The van der Waals surface area contributed by atoms with Crippen LogP contribution in [-0.2, 0) is 5.75 Å². The molecule has 4 rings (SSSR count). The number of methoxy groups -OCH3 is 1. The van der Waals surface area contributed by atoms with Crippen molar-refractivity contribution in [2.75, 3.05) is 7.11 Å². The van der Waals surface area contributed by atoms with Crippen LogP contribution < -0.4 is 4.74 Å². The molecule has 5 nitrogen and oxygen atoms in total. The number of fused-ring (bicyclic) bond motifs is 1. The molecule has 0 saturated heterocycles. The predicted octanol–water partition coefficient (Wildman–Crippen LogP) is 4.85. The van der Waals surface area contributed by atoms with E-state index in [4.69, 9.17) is 9.84 Å². The summed E-state index contributed by atoms with van der Waals surface area (Å²) in [5, 5.41) is 14.0. The van der Waals surface area contributed by atoms with E-state index in [-0.39, 0.29) is 0 Å². The second-order valence-electron chi connectivity index (χ2n) is 5.61. The largest absolute Gasteiger partial charge is 0.497 e. The summed E-state index contributed by atoms with van der Waals surface area (Å²) in [5.41, 5.74) is 3.84. The molecule has 7 heteroatoms. The monoisotopic (exact) mass is 426 g/mol. The number of benzene rings is 2. The van der Waals surface area contributed by atoms with Gasteiger partial charge in [0.05, 0.1) is 12.8 Å². The lowest BCUT2D eigenvalue weighted by molar-refractivity contribution is 0.415. The summed E-state index contributed by atoms with van der Waals surface area (Å²) in [6.45, 7) is 0. The first-order valence-corrected chi connectivity index (χ1v) is 9.75. The van der Waals surface area contributed by atoms with Gasteiger partial charge in [-0.3, -0.25) is 0 Å². The fourth-order valence-electron chi connectivity index (χ4n) is 2.50. The molecule has 0 fully saturated rings. The van der Waals surface area contributed by atoms with Gasteiger partial charge >= 0.3 is 0 Å². The van der Waals surface area contributed by atoms with Crippen LogP contribution in [0.2, 0.25) is 0 Å². The molecule has 0 saturated carbocycles. The van der Waals surface area contributed by atoms with Crippen LogP contribution >= 0.6 is 27.7 Å². The van der Waals surface area contributed by atoms with Gasteiger partial charge < -0.3 is 4.74 Å². The molecule has 0 aliphatic rings. The van der Waals surface area contributed by atoms with E-state index in [0.717, 1.165) is 38.0 Å². The molecule has 0 bridgehead atoms. The number of thioether (sulfide) groups is 1. The highest BCUT2D eigenvalue weighted by atomic mass is 79.9. The Morgan fingerprint density at radius 3 is 2.46 bits per heavy atom. The van der Waals surface area contributed by atoms with E-state index in [1.165, 1.54) is 5.56 Å². The lowest BCUT2D eigenvalue weighted by Crippen LogP contribution is -1.96. The molecule has 0 amide bonds. The molecule has 26 heavy (non-hydrogen) atoms. The van der Waals surface area contributed by atoms with Crippen molar-refractivity contribution in [1.82, 2.24) is 19.8 Å². The van der Waals surface area contributed by atoms with Crippen LogP contribution in [0.1, 0.15) is 5.56 Å². The first-order valence-electron chi connectivity index (χ1n) is 7.97. The average molecular weight is 427 g/mol. The van der Waals surface area contributed by atoms with Crippen LogP contribution in [0.15, 0.2) is 70.3 Å². The average Bonchev–Trinajstić information content (AvgIpc) is 3.10. The SMILES string of the molecule is COc1ccc(-c2ccc3nnc(SCc4ccc(Br)cc4)n3n2)cc1. The van der Waals surface area contributed by atoms with Gasteiger partial charge in [-0.2, -0.15) is 9.61 Å². The summed E-state index contributed by atoms with van der Waals surface area (Å²) in [7, 11) is 1.66. The molecule has 0 spiro atoms. The Hall–Kier alpha value is -2.38. The molecule has 0 unspecified atom stereocenters. The van der Waals surface area contributed by atoms with Crippen LogP contribution in [-0.4, -0.2) is 26.9 Å². The third-order valence-corrected chi connectivity index (χ3v) is 5.42. The van der Waals surface area contributed by atoms with Gasteiger partial charge in [0.25, 0.3) is 0 Å². The molecular formula is C19H15BrN4OS. The van der Waals surface area contributed by atoms with Crippen molar-refractivity contribution in [1.29, 1.82) is 0 Å². The minimum Gasteiger partial charge on any atom is -0.497 e. The third-order valence-electron chi connectivity index (χ3n) is 3.90. The summed E-state index contributed by atoms with van der Waals surface area (Å²) in [6, 6.07) is 20.0. The molecule has 0 N–H and O–H groups in total. The standard InChI is InChI=1S/C19H15BrN4OS/c1-25-16-8-4-14(5-9-16)17-10-11-18-21-22-19(24(18)23-17)26-12-13-2-6-15(20)7-3-13/h2-11H,12H2,1H3. The topological polar surface area (TPSA) is 52.3 Å². The fraction of sp³-hybridized carbons (Fsp3) is 0.105. The number of aromatic nitrogens is 4. The number of hydrogen-bond acceptors (Lipinski definition) is 5. The molecule has 0 aliphatic carbocycles. The maximum atomic E-state index is 5.21.